The molecule has 3 fully saturated rings. The van der Waals surface area contributed by atoms with Crippen molar-refractivity contribution in [3.05, 3.63) is 11.1 Å². The van der Waals surface area contributed by atoms with Gasteiger partial charge in [-0.3, -0.25) is 9.59 Å². The van der Waals surface area contributed by atoms with Crippen molar-refractivity contribution in [1.82, 2.24) is 0 Å². The maximum atomic E-state index is 14.0. The van der Waals surface area contributed by atoms with Crippen LogP contribution in [0.5, 0.6) is 0 Å². The summed E-state index contributed by atoms with van der Waals surface area (Å²) in [6.07, 6.45) is -1.76. The van der Waals surface area contributed by atoms with Crippen molar-refractivity contribution in [2.24, 2.45) is 22.7 Å². The van der Waals surface area contributed by atoms with E-state index in [1.165, 1.54) is 6.92 Å². The van der Waals surface area contributed by atoms with Gasteiger partial charge in [-0.25, -0.2) is 0 Å². The molecule has 3 aliphatic carbocycles. The van der Waals surface area contributed by atoms with Crippen LogP contribution in [-0.4, -0.2) is 63.2 Å². The molecule has 0 spiro atoms. The van der Waals surface area contributed by atoms with Crippen molar-refractivity contribution in [3.63, 3.8) is 0 Å². The molecule has 8 atom stereocenters. The number of carbonyl (C=O) groups excluding carboxylic acids is 2. The number of hydrogen-bond donors (Lipinski definition) is 3. The predicted molar refractivity (Wildman–Crippen MR) is 107 cm³/mol. The summed E-state index contributed by atoms with van der Waals surface area (Å²) in [7, 11) is 0. The third-order valence-electron chi connectivity index (χ3n) is 9.02. The molecule has 7 heteroatoms. The third kappa shape index (κ3) is 2.46. The van der Waals surface area contributed by atoms with E-state index in [2.05, 4.69) is 0 Å². The van der Waals surface area contributed by atoms with Crippen molar-refractivity contribution in [1.29, 1.82) is 0 Å². The lowest BCUT2D eigenvalue weighted by molar-refractivity contribution is -0.337. The molecule has 30 heavy (non-hydrogen) atoms. The highest BCUT2D eigenvalue weighted by atomic mass is 16.6. The number of esters is 1. The van der Waals surface area contributed by atoms with Gasteiger partial charge in [0.25, 0.3) is 0 Å². The zero-order chi connectivity index (χ0) is 22.4. The molecule has 1 aliphatic heterocycles. The molecule has 168 valence electrons. The Morgan fingerprint density at radius 2 is 1.87 bits per heavy atom. The van der Waals surface area contributed by atoms with Gasteiger partial charge in [0.1, 0.15) is 17.3 Å². The van der Waals surface area contributed by atoms with E-state index in [9.17, 15) is 24.9 Å². The summed E-state index contributed by atoms with van der Waals surface area (Å²) in [6, 6.07) is 0. The fraction of sp³-hybridized carbons (Fsp3) is 0.826. The van der Waals surface area contributed by atoms with E-state index >= 15 is 0 Å². The Bertz CT molecular complexity index is 831. The number of carbonyl (C=O) groups is 2. The lowest BCUT2D eigenvalue weighted by Crippen LogP contribution is -2.78. The summed E-state index contributed by atoms with van der Waals surface area (Å²) in [5.41, 5.74) is -3.84. The first-order chi connectivity index (χ1) is 13.7. The summed E-state index contributed by atoms with van der Waals surface area (Å²) in [4.78, 5) is 26.2. The molecule has 1 saturated heterocycles. The molecular formula is C23H34O7. The second-order valence-corrected chi connectivity index (χ2v) is 10.8. The molecule has 0 aromatic rings. The first-order valence-electron chi connectivity index (χ1n) is 10.9. The van der Waals surface area contributed by atoms with Gasteiger partial charge in [0, 0.05) is 30.1 Å². The fourth-order valence-corrected chi connectivity index (χ4v) is 6.96. The van der Waals surface area contributed by atoms with Gasteiger partial charge in [0.15, 0.2) is 5.78 Å². The van der Waals surface area contributed by atoms with Crippen molar-refractivity contribution in [2.75, 3.05) is 6.61 Å². The molecule has 8 unspecified atom stereocenters. The quantitative estimate of drug-likeness (QED) is 0.549. The van der Waals surface area contributed by atoms with Gasteiger partial charge in [-0.1, -0.05) is 33.3 Å². The van der Waals surface area contributed by atoms with Gasteiger partial charge in [-0.2, -0.15) is 0 Å². The van der Waals surface area contributed by atoms with Crippen LogP contribution < -0.4 is 0 Å². The van der Waals surface area contributed by atoms with Crippen molar-refractivity contribution in [2.45, 2.75) is 90.3 Å². The average molecular weight is 423 g/mol. The summed E-state index contributed by atoms with van der Waals surface area (Å²) < 4.78 is 11.4. The van der Waals surface area contributed by atoms with E-state index in [-0.39, 0.29) is 31.1 Å². The minimum Gasteiger partial charge on any atom is -0.459 e. The van der Waals surface area contributed by atoms with E-state index in [0.717, 1.165) is 0 Å². The molecule has 0 aromatic heterocycles. The fourth-order valence-electron chi connectivity index (χ4n) is 6.96. The standard InChI is InChI=1S/C23H34O7/c1-11-7-16-22(27,10-29-16)17-19(30-13(3)24)23(28)9-14(25)8-15(20(23,4)5)12(2)18(26)21(11,17)6/h11,14,16-17,19,25,27-28H,7-10H2,1-6H3/b15-12-. The second-order valence-electron chi connectivity index (χ2n) is 10.8. The Balaban J connectivity index is 2.06. The number of ether oxygens (including phenoxy) is 2. The largest absolute Gasteiger partial charge is 0.459 e. The Kier molecular flexibility index (Phi) is 4.66. The van der Waals surface area contributed by atoms with Crippen LogP contribution >= 0.6 is 0 Å². The van der Waals surface area contributed by atoms with E-state index in [1.54, 1.807) is 6.92 Å². The van der Waals surface area contributed by atoms with Gasteiger partial charge in [-0.05, 0) is 31.3 Å². The lowest BCUT2D eigenvalue weighted by atomic mass is 9.44. The molecule has 2 saturated carbocycles. The molecule has 7 nitrogen and oxygen atoms in total. The topological polar surface area (TPSA) is 113 Å². The minimum absolute atomic E-state index is 0.00845. The molecule has 1 heterocycles. The maximum Gasteiger partial charge on any atom is 0.303 e. The van der Waals surface area contributed by atoms with Gasteiger partial charge < -0.3 is 24.8 Å². The number of aliphatic hydroxyl groups is 3. The average Bonchev–Trinajstić information content (AvgIpc) is 2.63. The van der Waals surface area contributed by atoms with Gasteiger partial charge in [0.2, 0.25) is 0 Å². The van der Waals surface area contributed by atoms with E-state index in [0.29, 0.717) is 17.6 Å². The number of allylic oxidation sites excluding steroid dienone is 1. The zero-order valence-electron chi connectivity index (χ0n) is 18.7. The predicted octanol–water partition coefficient (Wildman–Crippen LogP) is 1.52. The molecule has 2 bridgehead atoms. The van der Waals surface area contributed by atoms with Crippen LogP contribution in [0.15, 0.2) is 11.1 Å². The monoisotopic (exact) mass is 422 g/mol. The van der Waals surface area contributed by atoms with Crippen molar-refractivity contribution < 1.29 is 34.4 Å². The summed E-state index contributed by atoms with van der Waals surface area (Å²) in [6.45, 7) is 10.5. The highest BCUT2D eigenvalue weighted by molar-refractivity contribution is 6.01. The number of aliphatic hydroxyl groups excluding tert-OH is 1. The third-order valence-corrected chi connectivity index (χ3v) is 9.02. The lowest BCUT2D eigenvalue weighted by Gasteiger charge is -2.66. The molecule has 0 radical (unpaired) electrons. The van der Waals surface area contributed by atoms with Crippen LogP contribution in [0.25, 0.3) is 0 Å². The summed E-state index contributed by atoms with van der Waals surface area (Å²) >= 11 is 0. The van der Waals surface area contributed by atoms with E-state index in [1.807, 2.05) is 27.7 Å². The number of Topliss-reactive ketones (excluding diaryl/α,β-unsaturated/α-hetero) is 1. The van der Waals surface area contributed by atoms with E-state index in [4.69, 9.17) is 9.47 Å². The smallest absolute Gasteiger partial charge is 0.303 e. The number of rotatable bonds is 1. The van der Waals surface area contributed by atoms with Crippen LogP contribution in [0.3, 0.4) is 0 Å². The van der Waals surface area contributed by atoms with Crippen LogP contribution in [0.1, 0.15) is 60.8 Å². The van der Waals surface area contributed by atoms with Gasteiger partial charge in [0.05, 0.1) is 18.8 Å². The molecule has 4 aliphatic rings. The van der Waals surface area contributed by atoms with Crippen molar-refractivity contribution in [3.8, 4) is 0 Å². The number of fused-ring (bicyclic) bond motifs is 5. The Morgan fingerprint density at radius 3 is 2.40 bits per heavy atom. The van der Waals surface area contributed by atoms with Gasteiger partial charge in [-0.15, -0.1) is 0 Å². The zero-order valence-corrected chi connectivity index (χ0v) is 18.7. The molecule has 4 rings (SSSR count). The Morgan fingerprint density at radius 1 is 1.23 bits per heavy atom. The van der Waals surface area contributed by atoms with Crippen LogP contribution in [0, 0.1) is 22.7 Å². The summed E-state index contributed by atoms with van der Waals surface area (Å²) in [5, 5.41) is 34.5. The normalized spacial score (nSPS) is 52.3. The van der Waals surface area contributed by atoms with Crippen molar-refractivity contribution >= 4 is 11.8 Å². The molecular weight excluding hydrogens is 388 g/mol. The van der Waals surface area contributed by atoms with Crippen LogP contribution in [-0.2, 0) is 19.1 Å². The second kappa shape index (κ2) is 6.37. The molecule has 0 amide bonds. The first kappa shape index (κ1) is 21.9. The first-order valence-corrected chi connectivity index (χ1v) is 10.9. The SMILES string of the molecule is CC(=O)OC1C2C3(O)COC3CC(C)C2(C)C(=O)/C(C)=C2/CC(O)CC1(O)C2(C)C. The maximum absolute atomic E-state index is 14.0. The molecule has 0 aromatic carbocycles. The van der Waals surface area contributed by atoms with Gasteiger partial charge >= 0.3 is 5.97 Å². The number of hydrogen-bond acceptors (Lipinski definition) is 7. The Labute approximate surface area is 177 Å². The van der Waals surface area contributed by atoms with Crippen LogP contribution in [0.4, 0.5) is 0 Å². The molecule has 3 N–H and O–H groups in total. The minimum atomic E-state index is -1.66. The highest BCUT2D eigenvalue weighted by Crippen LogP contribution is 2.64. The number of ketones is 1. The van der Waals surface area contributed by atoms with Crippen LogP contribution in [0.2, 0.25) is 0 Å². The Hall–Kier alpha value is -1.28. The summed E-state index contributed by atoms with van der Waals surface area (Å²) in [5.74, 6) is -1.74. The highest BCUT2D eigenvalue weighted by Gasteiger charge is 2.74. The van der Waals surface area contributed by atoms with E-state index < -0.39 is 52.2 Å².